The van der Waals surface area contributed by atoms with Crippen molar-refractivity contribution in [3.05, 3.63) is 134 Å². The van der Waals surface area contributed by atoms with Gasteiger partial charge in [0.15, 0.2) is 6.10 Å². The van der Waals surface area contributed by atoms with Crippen LogP contribution in [0, 0.1) is 0 Å². The number of aliphatic hydroxyl groups excluding tert-OH is 1. The van der Waals surface area contributed by atoms with Crippen molar-refractivity contribution in [2.75, 3.05) is 26.4 Å². The van der Waals surface area contributed by atoms with E-state index in [9.17, 15) is 28.9 Å². The van der Waals surface area contributed by atoms with E-state index in [0.29, 0.717) is 19.3 Å². The normalized spacial score (nSPS) is 14.3. The van der Waals surface area contributed by atoms with Crippen molar-refractivity contribution >= 4 is 25.7 Å². The highest BCUT2D eigenvalue weighted by molar-refractivity contribution is 7.47. The number of unbranched alkanes of at least 4 members (excludes halogenated alkanes) is 13. The van der Waals surface area contributed by atoms with Gasteiger partial charge in [0.25, 0.3) is 0 Å². The molecule has 0 rings (SSSR count). The smallest absolute Gasteiger partial charge is 0.462 e. The fraction of sp³-hybridized carbons (Fsp3) is 0.609. The summed E-state index contributed by atoms with van der Waals surface area (Å²) < 4.78 is 39.4. The van der Waals surface area contributed by atoms with Crippen molar-refractivity contribution in [2.45, 2.75) is 226 Å². The van der Waals surface area contributed by atoms with Crippen LogP contribution >= 0.6 is 7.82 Å². The van der Waals surface area contributed by atoms with E-state index >= 15 is 0 Å². The molecule has 0 aliphatic heterocycles. The predicted molar refractivity (Wildman–Crippen MR) is 316 cm³/mol. The maximum absolute atomic E-state index is 12.9. The number of aliphatic hydroxyl groups is 1. The molecule has 76 heavy (non-hydrogen) atoms. The first kappa shape index (κ1) is 71.6. The lowest BCUT2D eigenvalue weighted by Crippen LogP contribution is -2.30. The van der Waals surface area contributed by atoms with Crippen LogP contribution in [-0.4, -0.2) is 66.5 Å². The number of carbonyl (C=O) groups is 3. The van der Waals surface area contributed by atoms with Crippen LogP contribution in [0.3, 0.4) is 0 Å². The molecule has 3 unspecified atom stereocenters. The van der Waals surface area contributed by atoms with Gasteiger partial charge >= 0.3 is 25.7 Å². The van der Waals surface area contributed by atoms with Crippen molar-refractivity contribution in [3.63, 3.8) is 0 Å². The zero-order valence-corrected chi connectivity index (χ0v) is 48.3. The quantitative estimate of drug-likeness (QED) is 0.0197. The summed E-state index contributed by atoms with van der Waals surface area (Å²) in [5, 5.41) is 9.81. The van der Waals surface area contributed by atoms with Crippen LogP contribution in [0.15, 0.2) is 134 Å². The monoisotopic (exact) mass is 1080 g/mol. The summed E-state index contributed by atoms with van der Waals surface area (Å²) in [5.74, 6) is -1.59. The average molecular weight is 1080 g/mol. The standard InChI is InChI=1S/C64H103O11P/c1-4-7-10-13-16-19-22-25-28-29-30-31-34-37-40-43-46-49-52-55-64(68)75-61(57-71-62(66)53-50-47-44-41-38-35-32-26-23-20-17-14-11-8-5-2)59-73-76(69,70)72-58-60(56-65)74-63(67)54-51-48-45-42-39-36-33-27-24-21-18-15-12-9-6-3/h8-9,11-12,16-21,25-28,30-33,38-39,41-42,60-61,65H,4-7,10,13-15,22-24,29,34-37,40,43-59H2,1-3H3,(H,69,70)/b11-8-,12-9-,19-16-,20-17-,21-18-,28-25-,31-30-,32-26-,33-27-,41-38-,42-39-. The van der Waals surface area contributed by atoms with Gasteiger partial charge in [0.05, 0.1) is 19.8 Å². The lowest BCUT2D eigenvalue weighted by atomic mass is 10.1. The molecule has 0 aromatic carbocycles. The topological polar surface area (TPSA) is 155 Å². The SMILES string of the molecule is CC/C=C\C/C=C\C/C=C\C/C=C\CCCCC(=O)OCC(COP(=O)(O)OCC(CO)OC(=O)CCCC/C=C\C/C=C\C/C=C\C/C=C\CC)OC(=O)CCCCCCCC/C=C\C/C=C\C/C=C\CCCCC. The second kappa shape index (κ2) is 56.8. The first-order valence-corrected chi connectivity index (χ1v) is 30.6. The molecule has 0 amide bonds. The Labute approximate surface area is 461 Å². The van der Waals surface area contributed by atoms with E-state index < -0.39 is 57.8 Å². The third kappa shape index (κ3) is 54.4. The third-order valence-electron chi connectivity index (χ3n) is 11.5. The number of esters is 3. The van der Waals surface area contributed by atoms with Crippen molar-refractivity contribution in [1.29, 1.82) is 0 Å². The summed E-state index contributed by atoms with van der Waals surface area (Å²) in [6, 6.07) is 0. The molecule has 0 aromatic rings. The van der Waals surface area contributed by atoms with E-state index in [0.717, 1.165) is 128 Å². The van der Waals surface area contributed by atoms with Gasteiger partial charge in [0.1, 0.15) is 12.7 Å². The molecule has 0 heterocycles. The summed E-state index contributed by atoms with van der Waals surface area (Å²) in [6.45, 7) is 4.26. The maximum atomic E-state index is 12.9. The van der Waals surface area contributed by atoms with Gasteiger partial charge in [-0.3, -0.25) is 23.4 Å². The molecule has 3 atom stereocenters. The van der Waals surface area contributed by atoms with E-state index in [1.807, 2.05) is 0 Å². The van der Waals surface area contributed by atoms with Crippen LogP contribution < -0.4 is 0 Å². The lowest BCUT2D eigenvalue weighted by Gasteiger charge is -2.21. The Morgan fingerprint density at radius 2 is 0.684 bits per heavy atom. The van der Waals surface area contributed by atoms with Crippen LogP contribution in [0.5, 0.6) is 0 Å². The van der Waals surface area contributed by atoms with Gasteiger partial charge in [-0.2, -0.15) is 0 Å². The van der Waals surface area contributed by atoms with E-state index in [1.54, 1.807) is 0 Å². The minimum absolute atomic E-state index is 0.114. The summed E-state index contributed by atoms with van der Waals surface area (Å²) in [5.41, 5.74) is 0. The summed E-state index contributed by atoms with van der Waals surface area (Å²) in [6.07, 6.45) is 71.3. The molecule has 2 N–H and O–H groups in total. The number of carbonyl (C=O) groups excluding carboxylic acids is 3. The van der Waals surface area contributed by atoms with Crippen LogP contribution in [0.4, 0.5) is 0 Å². The molecule has 0 radical (unpaired) electrons. The molecule has 0 spiro atoms. The van der Waals surface area contributed by atoms with E-state index in [4.69, 9.17) is 23.3 Å². The number of hydrogen-bond donors (Lipinski definition) is 2. The molecule has 0 fully saturated rings. The Hall–Kier alpha value is -4.38. The fourth-order valence-electron chi connectivity index (χ4n) is 7.17. The fourth-order valence-corrected chi connectivity index (χ4v) is 7.95. The highest BCUT2D eigenvalue weighted by Crippen LogP contribution is 2.43. The van der Waals surface area contributed by atoms with Crippen molar-refractivity contribution in [3.8, 4) is 0 Å². The number of phosphoric acid groups is 1. The van der Waals surface area contributed by atoms with Gasteiger partial charge in [-0.15, -0.1) is 0 Å². The summed E-state index contributed by atoms with van der Waals surface area (Å²) >= 11 is 0. The number of allylic oxidation sites excluding steroid dienone is 22. The van der Waals surface area contributed by atoms with Gasteiger partial charge in [-0.05, 0) is 135 Å². The van der Waals surface area contributed by atoms with Gasteiger partial charge in [-0.25, -0.2) is 4.57 Å². The van der Waals surface area contributed by atoms with Gasteiger partial charge < -0.3 is 24.2 Å². The van der Waals surface area contributed by atoms with Crippen LogP contribution in [0.2, 0.25) is 0 Å². The Morgan fingerprint density at radius 1 is 0.382 bits per heavy atom. The zero-order chi connectivity index (χ0) is 55.5. The molecule has 0 aliphatic rings. The second-order valence-electron chi connectivity index (χ2n) is 18.7. The maximum Gasteiger partial charge on any atom is 0.472 e. The molecule has 430 valence electrons. The molecular formula is C64H103O11P. The third-order valence-corrected chi connectivity index (χ3v) is 12.5. The van der Waals surface area contributed by atoms with Crippen molar-refractivity contribution < 1.29 is 52.2 Å². The minimum Gasteiger partial charge on any atom is -0.462 e. The Morgan fingerprint density at radius 3 is 1.08 bits per heavy atom. The number of ether oxygens (including phenoxy) is 3. The first-order chi connectivity index (χ1) is 37.2. The summed E-state index contributed by atoms with van der Waals surface area (Å²) in [7, 11) is -4.78. The first-order valence-electron chi connectivity index (χ1n) is 29.1. The van der Waals surface area contributed by atoms with Crippen LogP contribution in [0.1, 0.15) is 213 Å². The second-order valence-corrected chi connectivity index (χ2v) is 20.1. The Bertz CT molecular complexity index is 1780. The van der Waals surface area contributed by atoms with Crippen LogP contribution in [0.25, 0.3) is 0 Å². The molecular weight excluding hydrogens is 976 g/mol. The van der Waals surface area contributed by atoms with Crippen molar-refractivity contribution in [1.82, 2.24) is 0 Å². The number of hydrogen-bond acceptors (Lipinski definition) is 10. The zero-order valence-electron chi connectivity index (χ0n) is 47.4. The predicted octanol–water partition coefficient (Wildman–Crippen LogP) is 17.4. The van der Waals surface area contributed by atoms with E-state index in [-0.39, 0.29) is 25.9 Å². The minimum atomic E-state index is -4.78. The molecule has 0 aromatic heterocycles. The molecule has 12 heteroatoms. The van der Waals surface area contributed by atoms with Gasteiger partial charge in [0, 0.05) is 19.3 Å². The molecule has 0 saturated carbocycles. The van der Waals surface area contributed by atoms with E-state index in [2.05, 4.69) is 154 Å². The number of phosphoric ester groups is 1. The molecule has 0 saturated heterocycles. The van der Waals surface area contributed by atoms with E-state index in [1.165, 1.54) is 25.7 Å². The van der Waals surface area contributed by atoms with Crippen molar-refractivity contribution in [2.24, 2.45) is 0 Å². The van der Waals surface area contributed by atoms with Gasteiger partial charge in [0.2, 0.25) is 0 Å². The Balaban J connectivity index is 4.86. The molecule has 11 nitrogen and oxygen atoms in total. The largest absolute Gasteiger partial charge is 0.472 e. The molecule has 0 bridgehead atoms. The highest BCUT2D eigenvalue weighted by atomic mass is 31.2. The van der Waals surface area contributed by atoms with Gasteiger partial charge in [-0.1, -0.05) is 193 Å². The van der Waals surface area contributed by atoms with Crippen LogP contribution in [-0.2, 0) is 42.2 Å². The average Bonchev–Trinajstić information content (AvgIpc) is 3.41. The summed E-state index contributed by atoms with van der Waals surface area (Å²) in [4.78, 5) is 48.6. The lowest BCUT2D eigenvalue weighted by molar-refractivity contribution is -0.161. The number of rotatable bonds is 52. The Kier molecular flexibility index (Phi) is 53.5. The highest BCUT2D eigenvalue weighted by Gasteiger charge is 2.28. The molecule has 0 aliphatic carbocycles.